The molecule has 2 aromatic carbocycles. The third kappa shape index (κ3) is 6.35. The fourth-order valence-corrected chi connectivity index (χ4v) is 4.33. The standard InChI is InChI=1S/C27H33N5O4/c1-19(25(33)28-18-22-9-11-23(12-10-22)27(34)35-3)31-13-15-32(16-14-31)20(2)26-29-24(30-36-26)17-21-7-5-4-6-8-21/h4-12,19-20H,13-18H2,1-3H3,(H,28,33)/t19-,20+/m0/s1. The van der Waals surface area contributed by atoms with Crippen molar-refractivity contribution in [2.75, 3.05) is 33.3 Å². The van der Waals surface area contributed by atoms with Crippen molar-refractivity contribution in [3.63, 3.8) is 0 Å². The number of aromatic nitrogens is 2. The first-order valence-corrected chi connectivity index (χ1v) is 12.2. The van der Waals surface area contributed by atoms with Crippen LogP contribution in [0.25, 0.3) is 0 Å². The lowest BCUT2D eigenvalue weighted by molar-refractivity contribution is -0.126. The van der Waals surface area contributed by atoms with Crippen molar-refractivity contribution >= 4 is 11.9 Å². The minimum Gasteiger partial charge on any atom is -0.465 e. The summed E-state index contributed by atoms with van der Waals surface area (Å²) in [6.07, 6.45) is 0.646. The van der Waals surface area contributed by atoms with E-state index in [1.807, 2.05) is 37.3 Å². The van der Waals surface area contributed by atoms with E-state index < -0.39 is 0 Å². The van der Waals surface area contributed by atoms with E-state index in [2.05, 4.69) is 44.3 Å². The van der Waals surface area contributed by atoms with Gasteiger partial charge in [0.25, 0.3) is 0 Å². The van der Waals surface area contributed by atoms with Gasteiger partial charge in [0.2, 0.25) is 11.8 Å². The molecule has 0 unspecified atom stereocenters. The highest BCUT2D eigenvalue weighted by atomic mass is 16.5. The van der Waals surface area contributed by atoms with Crippen LogP contribution in [0.1, 0.15) is 53.1 Å². The largest absolute Gasteiger partial charge is 0.465 e. The number of esters is 1. The fourth-order valence-electron chi connectivity index (χ4n) is 4.33. The number of carbonyl (C=O) groups excluding carboxylic acids is 2. The molecule has 0 bridgehead atoms. The zero-order chi connectivity index (χ0) is 25.5. The van der Waals surface area contributed by atoms with E-state index in [0.717, 1.165) is 37.3 Å². The number of piperazine rings is 1. The van der Waals surface area contributed by atoms with E-state index in [1.54, 1.807) is 12.1 Å². The van der Waals surface area contributed by atoms with Gasteiger partial charge in [0.05, 0.1) is 24.8 Å². The van der Waals surface area contributed by atoms with Crippen LogP contribution >= 0.6 is 0 Å². The second kappa shape index (κ2) is 11.9. The van der Waals surface area contributed by atoms with Gasteiger partial charge in [-0.3, -0.25) is 14.6 Å². The van der Waals surface area contributed by atoms with Crippen molar-refractivity contribution in [2.24, 2.45) is 0 Å². The Bertz CT molecular complexity index is 1140. The summed E-state index contributed by atoms with van der Waals surface area (Å²) in [5.41, 5.74) is 2.56. The Morgan fingerprint density at radius 3 is 2.31 bits per heavy atom. The molecule has 4 rings (SSSR count). The van der Waals surface area contributed by atoms with Gasteiger partial charge in [0, 0.05) is 39.1 Å². The maximum atomic E-state index is 12.8. The second-order valence-electron chi connectivity index (χ2n) is 9.04. The van der Waals surface area contributed by atoms with Crippen LogP contribution in [-0.4, -0.2) is 71.1 Å². The van der Waals surface area contributed by atoms with Crippen LogP contribution in [0, 0.1) is 0 Å². The molecular formula is C27H33N5O4. The summed E-state index contributed by atoms with van der Waals surface area (Å²) < 4.78 is 10.3. The number of methoxy groups -OCH3 is 1. The van der Waals surface area contributed by atoms with E-state index in [1.165, 1.54) is 7.11 Å². The molecule has 0 radical (unpaired) electrons. The molecule has 9 heteroatoms. The van der Waals surface area contributed by atoms with Crippen molar-refractivity contribution in [1.82, 2.24) is 25.3 Å². The third-order valence-corrected chi connectivity index (χ3v) is 6.71. The Labute approximate surface area is 211 Å². The molecule has 2 heterocycles. The molecule has 1 saturated heterocycles. The molecule has 0 saturated carbocycles. The summed E-state index contributed by atoms with van der Waals surface area (Å²) in [7, 11) is 1.35. The number of hydrogen-bond donors (Lipinski definition) is 1. The van der Waals surface area contributed by atoms with Gasteiger partial charge in [-0.25, -0.2) is 4.79 Å². The summed E-state index contributed by atoms with van der Waals surface area (Å²) in [6.45, 7) is 7.59. The number of hydrogen-bond acceptors (Lipinski definition) is 8. The summed E-state index contributed by atoms with van der Waals surface area (Å²) >= 11 is 0. The number of benzene rings is 2. The third-order valence-electron chi connectivity index (χ3n) is 6.71. The van der Waals surface area contributed by atoms with Crippen LogP contribution < -0.4 is 5.32 Å². The first-order valence-electron chi connectivity index (χ1n) is 12.2. The van der Waals surface area contributed by atoms with Crippen molar-refractivity contribution in [2.45, 2.75) is 38.9 Å². The number of amides is 1. The van der Waals surface area contributed by atoms with Crippen LogP contribution in [0.5, 0.6) is 0 Å². The summed E-state index contributed by atoms with van der Waals surface area (Å²) in [4.78, 5) is 33.4. The smallest absolute Gasteiger partial charge is 0.337 e. The van der Waals surface area contributed by atoms with Crippen LogP contribution in [-0.2, 0) is 22.5 Å². The number of rotatable bonds is 9. The Balaban J connectivity index is 1.23. The van der Waals surface area contributed by atoms with Crippen molar-refractivity contribution < 1.29 is 18.8 Å². The van der Waals surface area contributed by atoms with Crippen molar-refractivity contribution in [3.05, 3.63) is 83.0 Å². The molecule has 9 nitrogen and oxygen atoms in total. The molecule has 36 heavy (non-hydrogen) atoms. The lowest BCUT2D eigenvalue weighted by Gasteiger charge is -2.39. The minimum atomic E-state index is -0.376. The predicted octanol–water partition coefficient (Wildman–Crippen LogP) is 2.83. The van der Waals surface area contributed by atoms with E-state index in [9.17, 15) is 9.59 Å². The van der Waals surface area contributed by atoms with Crippen molar-refractivity contribution in [1.29, 1.82) is 0 Å². The Morgan fingerprint density at radius 1 is 0.972 bits per heavy atom. The Hall–Kier alpha value is -3.56. The van der Waals surface area contributed by atoms with Gasteiger partial charge in [-0.05, 0) is 37.1 Å². The molecule has 190 valence electrons. The maximum absolute atomic E-state index is 12.8. The Kier molecular flexibility index (Phi) is 8.45. The van der Waals surface area contributed by atoms with E-state index in [4.69, 9.17) is 9.26 Å². The lowest BCUT2D eigenvalue weighted by atomic mass is 10.1. The van der Waals surface area contributed by atoms with Crippen molar-refractivity contribution in [3.8, 4) is 0 Å². The average molecular weight is 492 g/mol. The zero-order valence-electron chi connectivity index (χ0n) is 21.0. The van der Waals surface area contributed by atoms with Gasteiger partial charge in [-0.2, -0.15) is 4.98 Å². The topological polar surface area (TPSA) is 101 Å². The molecular weight excluding hydrogens is 458 g/mol. The van der Waals surface area contributed by atoms with Gasteiger partial charge in [0.15, 0.2) is 5.82 Å². The average Bonchev–Trinajstić information content (AvgIpc) is 3.39. The molecule has 1 amide bonds. The number of carbonyl (C=O) groups is 2. The normalized spacial score (nSPS) is 16.3. The SMILES string of the molecule is COC(=O)c1ccc(CNC(=O)[C@H](C)N2CCN([C@H](C)c3nc(Cc4ccccc4)no3)CC2)cc1. The van der Waals surface area contributed by atoms with Gasteiger partial charge < -0.3 is 14.6 Å². The first kappa shape index (κ1) is 25.5. The van der Waals surface area contributed by atoms with Crippen LogP contribution in [0.15, 0.2) is 59.1 Å². The highest BCUT2D eigenvalue weighted by Gasteiger charge is 2.29. The number of nitrogens with one attached hydrogen (secondary N) is 1. The van der Waals surface area contributed by atoms with Gasteiger partial charge in [0.1, 0.15) is 0 Å². The fraction of sp³-hybridized carbons (Fsp3) is 0.407. The van der Waals surface area contributed by atoms with Gasteiger partial charge in [-0.15, -0.1) is 0 Å². The van der Waals surface area contributed by atoms with Gasteiger partial charge >= 0.3 is 5.97 Å². The highest BCUT2D eigenvalue weighted by Crippen LogP contribution is 2.21. The molecule has 0 aliphatic carbocycles. The lowest BCUT2D eigenvalue weighted by Crippen LogP contribution is -2.54. The molecule has 1 aliphatic rings. The summed E-state index contributed by atoms with van der Waals surface area (Å²) in [6, 6.07) is 16.9. The molecule has 0 spiro atoms. The molecule has 1 aromatic heterocycles. The van der Waals surface area contributed by atoms with E-state index >= 15 is 0 Å². The maximum Gasteiger partial charge on any atom is 0.337 e. The van der Waals surface area contributed by atoms with Gasteiger partial charge in [-0.1, -0.05) is 47.6 Å². The highest BCUT2D eigenvalue weighted by molar-refractivity contribution is 5.89. The molecule has 3 aromatic rings. The predicted molar refractivity (Wildman–Crippen MR) is 134 cm³/mol. The monoisotopic (exact) mass is 491 g/mol. The summed E-state index contributed by atoms with van der Waals surface area (Å²) in [5.74, 6) is 0.917. The second-order valence-corrected chi connectivity index (χ2v) is 9.04. The Morgan fingerprint density at radius 2 is 1.64 bits per heavy atom. The molecule has 2 atom stereocenters. The molecule has 1 fully saturated rings. The number of ether oxygens (including phenoxy) is 1. The molecule has 1 N–H and O–H groups in total. The zero-order valence-corrected chi connectivity index (χ0v) is 21.0. The van der Waals surface area contributed by atoms with Crippen LogP contribution in [0.3, 0.4) is 0 Å². The first-order chi connectivity index (χ1) is 17.4. The quantitative estimate of drug-likeness (QED) is 0.456. The van der Waals surface area contributed by atoms with E-state index in [0.29, 0.717) is 30.2 Å². The minimum absolute atomic E-state index is 0.0151. The molecule has 1 aliphatic heterocycles. The number of nitrogens with zero attached hydrogens (tertiary/aromatic N) is 4. The van der Waals surface area contributed by atoms with Crippen LogP contribution in [0.2, 0.25) is 0 Å². The van der Waals surface area contributed by atoms with E-state index in [-0.39, 0.29) is 24.0 Å². The van der Waals surface area contributed by atoms with Crippen LogP contribution in [0.4, 0.5) is 0 Å². The summed E-state index contributed by atoms with van der Waals surface area (Å²) in [5, 5.41) is 7.16.